The van der Waals surface area contributed by atoms with Gasteiger partial charge in [0.15, 0.2) is 0 Å². The Morgan fingerprint density at radius 3 is 2.62 bits per heavy atom. The molecule has 0 saturated heterocycles. The molecule has 114 valence electrons. The Labute approximate surface area is 125 Å². The van der Waals surface area contributed by atoms with E-state index in [2.05, 4.69) is 4.98 Å². The largest absolute Gasteiger partial charge is 0.433 e. The molecular weight excluding hydrogens is 299 g/mol. The third kappa shape index (κ3) is 3.66. The Kier molecular flexibility index (Phi) is 4.41. The van der Waals surface area contributed by atoms with Crippen molar-refractivity contribution in [2.24, 2.45) is 0 Å². The maximum absolute atomic E-state index is 12.8. The second-order valence-corrected chi connectivity index (χ2v) is 5.96. The smallest absolute Gasteiger partial charge is 0.396 e. The van der Waals surface area contributed by atoms with Crippen LogP contribution in [0.15, 0.2) is 29.8 Å². The lowest BCUT2D eigenvalue weighted by atomic mass is 10.2. The van der Waals surface area contributed by atoms with E-state index in [9.17, 15) is 13.2 Å². The number of thiophene rings is 1. The lowest BCUT2D eigenvalue weighted by Gasteiger charge is -2.30. The summed E-state index contributed by atoms with van der Waals surface area (Å²) in [5.41, 5.74) is 5.51. The standard InChI is InChI=1S/C14H16F3N3S/c1-9(2)20(8-10-4-3-5-21-10)12-6-13(14(15,16)17)19-7-11(12)18/h3-7,9H,8,18H2,1-2H3. The zero-order chi connectivity index (χ0) is 15.6. The Morgan fingerprint density at radius 1 is 1.38 bits per heavy atom. The summed E-state index contributed by atoms with van der Waals surface area (Å²) < 4.78 is 38.5. The van der Waals surface area contributed by atoms with E-state index in [0.29, 0.717) is 12.2 Å². The van der Waals surface area contributed by atoms with E-state index in [1.807, 2.05) is 36.3 Å². The Morgan fingerprint density at radius 2 is 2.10 bits per heavy atom. The number of nitrogens with two attached hydrogens (primary N) is 1. The van der Waals surface area contributed by atoms with E-state index in [1.165, 1.54) is 0 Å². The summed E-state index contributed by atoms with van der Waals surface area (Å²) in [4.78, 5) is 6.28. The average Bonchev–Trinajstić information content (AvgIpc) is 2.88. The molecule has 0 aliphatic rings. The van der Waals surface area contributed by atoms with E-state index in [4.69, 9.17) is 5.73 Å². The van der Waals surface area contributed by atoms with Gasteiger partial charge in [0.1, 0.15) is 5.69 Å². The van der Waals surface area contributed by atoms with Crippen LogP contribution in [-0.4, -0.2) is 11.0 Å². The van der Waals surface area contributed by atoms with Crippen molar-refractivity contribution >= 4 is 22.7 Å². The highest BCUT2D eigenvalue weighted by Crippen LogP contribution is 2.34. The van der Waals surface area contributed by atoms with E-state index < -0.39 is 11.9 Å². The molecule has 3 nitrogen and oxygen atoms in total. The van der Waals surface area contributed by atoms with E-state index in [1.54, 1.807) is 11.3 Å². The second-order valence-electron chi connectivity index (χ2n) is 4.93. The Hall–Kier alpha value is -1.76. The molecule has 0 aromatic carbocycles. The minimum absolute atomic E-state index is 0.0119. The average molecular weight is 315 g/mol. The molecule has 7 heteroatoms. The summed E-state index contributed by atoms with van der Waals surface area (Å²) in [7, 11) is 0. The SMILES string of the molecule is CC(C)N(Cc1cccs1)c1cc(C(F)(F)F)ncc1N. The number of rotatable bonds is 4. The number of nitrogens with zero attached hydrogens (tertiary/aromatic N) is 2. The van der Waals surface area contributed by atoms with E-state index in [-0.39, 0.29) is 11.7 Å². The topological polar surface area (TPSA) is 42.2 Å². The van der Waals surface area contributed by atoms with Gasteiger partial charge in [-0.3, -0.25) is 0 Å². The van der Waals surface area contributed by atoms with Crippen molar-refractivity contribution < 1.29 is 13.2 Å². The summed E-state index contributed by atoms with van der Waals surface area (Å²) >= 11 is 1.56. The zero-order valence-electron chi connectivity index (χ0n) is 11.7. The van der Waals surface area contributed by atoms with Gasteiger partial charge in [0.2, 0.25) is 0 Å². The minimum atomic E-state index is -4.48. The minimum Gasteiger partial charge on any atom is -0.396 e. The summed E-state index contributed by atoms with van der Waals surface area (Å²) in [6.07, 6.45) is -3.41. The number of hydrogen-bond donors (Lipinski definition) is 1. The summed E-state index contributed by atoms with van der Waals surface area (Å²) in [5, 5.41) is 1.94. The van der Waals surface area contributed by atoms with Crippen molar-refractivity contribution in [2.75, 3.05) is 10.6 Å². The van der Waals surface area contributed by atoms with Gasteiger partial charge in [-0.2, -0.15) is 13.2 Å². The molecule has 0 bridgehead atoms. The Bertz CT molecular complexity index is 594. The summed E-state index contributed by atoms with van der Waals surface area (Å²) in [5.74, 6) is 0. The third-order valence-electron chi connectivity index (χ3n) is 3.04. The predicted octanol–water partition coefficient (Wildman–Crippen LogP) is 4.16. The van der Waals surface area contributed by atoms with Crippen LogP contribution in [0.2, 0.25) is 0 Å². The molecule has 2 aromatic rings. The highest BCUT2D eigenvalue weighted by molar-refractivity contribution is 7.09. The van der Waals surface area contributed by atoms with Crippen LogP contribution in [0.1, 0.15) is 24.4 Å². The molecule has 2 heterocycles. The van der Waals surface area contributed by atoms with Crippen LogP contribution in [0.3, 0.4) is 0 Å². The van der Waals surface area contributed by atoms with Crippen molar-refractivity contribution in [3.05, 3.63) is 40.3 Å². The van der Waals surface area contributed by atoms with Crippen LogP contribution < -0.4 is 10.6 Å². The van der Waals surface area contributed by atoms with Crippen molar-refractivity contribution in [3.63, 3.8) is 0 Å². The molecule has 0 saturated carbocycles. The fourth-order valence-electron chi connectivity index (χ4n) is 1.98. The van der Waals surface area contributed by atoms with Gasteiger partial charge in [0.25, 0.3) is 0 Å². The molecular formula is C14H16F3N3S. The first-order valence-electron chi connectivity index (χ1n) is 6.40. The summed E-state index contributed by atoms with van der Waals surface area (Å²) in [6.45, 7) is 4.35. The highest BCUT2D eigenvalue weighted by Gasteiger charge is 2.33. The molecule has 2 N–H and O–H groups in total. The van der Waals surface area contributed by atoms with Gasteiger partial charge in [-0.05, 0) is 31.4 Å². The lowest BCUT2D eigenvalue weighted by Crippen LogP contribution is -2.31. The molecule has 0 fully saturated rings. The van der Waals surface area contributed by atoms with E-state index in [0.717, 1.165) is 17.1 Å². The van der Waals surface area contributed by atoms with Gasteiger partial charge in [-0.25, -0.2) is 4.98 Å². The van der Waals surface area contributed by atoms with E-state index >= 15 is 0 Å². The molecule has 2 aromatic heterocycles. The van der Waals surface area contributed by atoms with Crippen LogP contribution in [0.25, 0.3) is 0 Å². The second kappa shape index (κ2) is 5.93. The van der Waals surface area contributed by atoms with Crippen molar-refractivity contribution in [1.82, 2.24) is 4.98 Å². The number of anilines is 2. The number of hydrogen-bond acceptors (Lipinski definition) is 4. The van der Waals surface area contributed by atoms with Crippen LogP contribution in [0, 0.1) is 0 Å². The summed E-state index contributed by atoms with van der Waals surface area (Å²) in [6, 6.07) is 4.89. The maximum Gasteiger partial charge on any atom is 0.433 e. The first-order valence-corrected chi connectivity index (χ1v) is 7.28. The van der Waals surface area contributed by atoms with Gasteiger partial charge < -0.3 is 10.6 Å². The molecule has 0 radical (unpaired) electrons. The van der Waals surface area contributed by atoms with Gasteiger partial charge >= 0.3 is 6.18 Å². The van der Waals surface area contributed by atoms with Crippen molar-refractivity contribution in [1.29, 1.82) is 0 Å². The maximum atomic E-state index is 12.8. The number of aromatic nitrogens is 1. The van der Waals surface area contributed by atoms with Gasteiger partial charge in [-0.1, -0.05) is 6.07 Å². The lowest BCUT2D eigenvalue weighted by molar-refractivity contribution is -0.141. The van der Waals surface area contributed by atoms with Crippen LogP contribution in [0.5, 0.6) is 0 Å². The molecule has 0 atom stereocenters. The van der Waals surface area contributed by atoms with Crippen molar-refractivity contribution in [2.45, 2.75) is 32.6 Å². The molecule has 0 amide bonds. The first kappa shape index (κ1) is 15.6. The van der Waals surface area contributed by atoms with Crippen LogP contribution >= 0.6 is 11.3 Å². The number of alkyl halides is 3. The third-order valence-corrected chi connectivity index (χ3v) is 3.90. The quantitative estimate of drug-likeness (QED) is 0.921. The molecule has 0 unspecified atom stereocenters. The number of pyridine rings is 1. The molecule has 2 rings (SSSR count). The van der Waals surface area contributed by atoms with Gasteiger partial charge in [0.05, 0.1) is 24.1 Å². The highest BCUT2D eigenvalue weighted by atomic mass is 32.1. The van der Waals surface area contributed by atoms with Crippen LogP contribution in [0.4, 0.5) is 24.5 Å². The number of halogens is 3. The fraction of sp³-hybridized carbons (Fsp3) is 0.357. The molecule has 21 heavy (non-hydrogen) atoms. The Balaban J connectivity index is 2.40. The fourth-order valence-corrected chi connectivity index (χ4v) is 2.68. The normalized spacial score (nSPS) is 11.9. The molecule has 0 spiro atoms. The molecule has 0 aliphatic carbocycles. The van der Waals surface area contributed by atoms with Crippen molar-refractivity contribution in [3.8, 4) is 0 Å². The predicted molar refractivity (Wildman–Crippen MR) is 79.3 cm³/mol. The zero-order valence-corrected chi connectivity index (χ0v) is 12.5. The number of nitrogen functional groups attached to an aromatic ring is 1. The first-order chi connectivity index (χ1) is 9.79. The molecule has 0 aliphatic heterocycles. The monoisotopic (exact) mass is 315 g/mol. The van der Waals surface area contributed by atoms with Crippen LogP contribution in [-0.2, 0) is 12.7 Å². The van der Waals surface area contributed by atoms with Gasteiger partial charge in [-0.15, -0.1) is 11.3 Å². The van der Waals surface area contributed by atoms with Gasteiger partial charge in [0, 0.05) is 10.9 Å².